The molecular formula is C11H14O2. The average molecular weight is 178 g/mol. The molecule has 70 valence electrons. The molecule has 0 saturated heterocycles. The Morgan fingerprint density at radius 3 is 2.31 bits per heavy atom. The van der Waals surface area contributed by atoms with Crippen molar-refractivity contribution in [2.24, 2.45) is 0 Å². The molecule has 2 nitrogen and oxygen atoms in total. The second-order valence-corrected chi connectivity index (χ2v) is 3.21. The molecule has 1 aromatic rings. The lowest BCUT2D eigenvalue weighted by atomic mass is 10.1. The van der Waals surface area contributed by atoms with Crippen LogP contribution in [0, 0.1) is 13.8 Å². The Labute approximate surface area is 78.5 Å². The Morgan fingerprint density at radius 1 is 1.31 bits per heavy atom. The highest BCUT2D eigenvalue weighted by Gasteiger charge is 2.03. The van der Waals surface area contributed by atoms with E-state index in [0.717, 1.165) is 16.9 Å². The van der Waals surface area contributed by atoms with Crippen LogP contribution in [-0.4, -0.2) is 12.4 Å². The molecule has 0 unspecified atom stereocenters. The third kappa shape index (κ3) is 2.58. The van der Waals surface area contributed by atoms with Gasteiger partial charge in [0.25, 0.3) is 0 Å². The van der Waals surface area contributed by atoms with Gasteiger partial charge < -0.3 is 4.74 Å². The molecule has 0 aromatic heterocycles. The van der Waals surface area contributed by atoms with Crippen molar-refractivity contribution >= 4 is 5.78 Å². The number of hydrogen-bond donors (Lipinski definition) is 0. The van der Waals surface area contributed by atoms with E-state index in [0.29, 0.717) is 0 Å². The molecular weight excluding hydrogens is 164 g/mol. The fourth-order valence-corrected chi connectivity index (χ4v) is 1.20. The Hall–Kier alpha value is -1.31. The minimum atomic E-state index is 0.0441. The zero-order chi connectivity index (χ0) is 9.84. The first-order valence-electron chi connectivity index (χ1n) is 4.29. The fraction of sp³-hybridized carbons (Fsp3) is 0.364. The zero-order valence-electron chi connectivity index (χ0n) is 8.26. The molecule has 0 radical (unpaired) electrons. The summed E-state index contributed by atoms with van der Waals surface area (Å²) in [7, 11) is 0. The summed E-state index contributed by atoms with van der Waals surface area (Å²) in [5.41, 5.74) is 2.14. The Kier molecular flexibility index (Phi) is 3.07. The summed E-state index contributed by atoms with van der Waals surface area (Å²) in [6.45, 7) is 5.63. The van der Waals surface area contributed by atoms with Gasteiger partial charge in [-0.2, -0.15) is 0 Å². The van der Waals surface area contributed by atoms with Crippen LogP contribution in [0.1, 0.15) is 18.1 Å². The molecule has 1 aromatic carbocycles. The van der Waals surface area contributed by atoms with Crippen molar-refractivity contribution in [3.8, 4) is 5.75 Å². The largest absolute Gasteiger partial charge is 0.485 e. The van der Waals surface area contributed by atoms with Crippen molar-refractivity contribution in [1.29, 1.82) is 0 Å². The smallest absolute Gasteiger partial charge is 0.167 e. The molecule has 13 heavy (non-hydrogen) atoms. The number of Topliss-reactive ketones (excluding diaryl/α,β-unsaturated/α-hetero) is 1. The topological polar surface area (TPSA) is 26.3 Å². The second-order valence-electron chi connectivity index (χ2n) is 3.21. The van der Waals surface area contributed by atoms with E-state index in [4.69, 9.17) is 4.74 Å². The van der Waals surface area contributed by atoms with Crippen LogP contribution in [0.15, 0.2) is 18.2 Å². The third-order valence-electron chi connectivity index (χ3n) is 1.83. The Balaban J connectivity index is 2.81. The summed E-state index contributed by atoms with van der Waals surface area (Å²) in [5.74, 6) is 0.875. The van der Waals surface area contributed by atoms with Crippen LogP contribution in [0.3, 0.4) is 0 Å². The molecule has 0 bridgehead atoms. The highest BCUT2D eigenvalue weighted by molar-refractivity contribution is 5.77. The summed E-state index contributed by atoms with van der Waals surface area (Å²) < 4.78 is 5.38. The zero-order valence-corrected chi connectivity index (χ0v) is 8.26. The van der Waals surface area contributed by atoms with Crippen LogP contribution in [0.2, 0.25) is 0 Å². The van der Waals surface area contributed by atoms with Crippen LogP contribution in [-0.2, 0) is 4.79 Å². The summed E-state index contributed by atoms with van der Waals surface area (Å²) in [4.78, 5) is 10.7. The van der Waals surface area contributed by atoms with E-state index < -0.39 is 0 Å². The number of aryl methyl sites for hydroxylation is 2. The van der Waals surface area contributed by atoms with Gasteiger partial charge in [-0.05, 0) is 31.9 Å². The molecule has 0 aliphatic heterocycles. The molecule has 2 heteroatoms. The number of ether oxygens (including phenoxy) is 1. The van der Waals surface area contributed by atoms with Crippen molar-refractivity contribution in [2.45, 2.75) is 20.8 Å². The minimum absolute atomic E-state index is 0.0441. The van der Waals surface area contributed by atoms with Crippen LogP contribution >= 0.6 is 0 Å². The molecule has 0 N–H and O–H groups in total. The molecule has 0 aliphatic rings. The summed E-state index contributed by atoms with van der Waals surface area (Å²) in [6, 6.07) is 5.93. The minimum Gasteiger partial charge on any atom is -0.485 e. The predicted octanol–water partition coefficient (Wildman–Crippen LogP) is 2.27. The SMILES string of the molecule is CC(=O)COc1c(C)cccc1C. The maximum Gasteiger partial charge on any atom is 0.167 e. The summed E-state index contributed by atoms with van der Waals surface area (Å²) in [6.07, 6.45) is 0. The van der Waals surface area contributed by atoms with E-state index in [9.17, 15) is 4.79 Å². The maximum atomic E-state index is 10.7. The van der Waals surface area contributed by atoms with Gasteiger partial charge in [0.2, 0.25) is 0 Å². The average Bonchev–Trinajstić information content (AvgIpc) is 2.03. The van der Waals surface area contributed by atoms with E-state index in [1.54, 1.807) is 0 Å². The van der Waals surface area contributed by atoms with E-state index >= 15 is 0 Å². The van der Waals surface area contributed by atoms with E-state index in [2.05, 4.69) is 0 Å². The van der Waals surface area contributed by atoms with Gasteiger partial charge >= 0.3 is 0 Å². The van der Waals surface area contributed by atoms with Gasteiger partial charge in [0, 0.05) is 0 Å². The van der Waals surface area contributed by atoms with E-state index in [1.165, 1.54) is 6.92 Å². The Bertz CT molecular complexity index is 296. The van der Waals surface area contributed by atoms with Crippen molar-refractivity contribution in [3.05, 3.63) is 29.3 Å². The summed E-state index contributed by atoms with van der Waals surface area (Å²) in [5, 5.41) is 0. The van der Waals surface area contributed by atoms with E-state index in [-0.39, 0.29) is 12.4 Å². The monoisotopic (exact) mass is 178 g/mol. The second kappa shape index (κ2) is 4.08. The molecule has 0 heterocycles. The third-order valence-corrected chi connectivity index (χ3v) is 1.83. The fourth-order valence-electron chi connectivity index (χ4n) is 1.20. The first-order chi connectivity index (χ1) is 6.11. The summed E-state index contributed by atoms with van der Waals surface area (Å²) >= 11 is 0. The van der Waals surface area contributed by atoms with Crippen molar-refractivity contribution in [1.82, 2.24) is 0 Å². The lowest BCUT2D eigenvalue weighted by Gasteiger charge is -2.09. The van der Waals surface area contributed by atoms with Gasteiger partial charge in [-0.15, -0.1) is 0 Å². The van der Waals surface area contributed by atoms with E-state index in [1.807, 2.05) is 32.0 Å². The predicted molar refractivity (Wildman–Crippen MR) is 52.1 cm³/mol. The molecule has 0 amide bonds. The molecule has 1 rings (SSSR count). The number of rotatable bonds is 3. The van der Waals surface area contributed by atoms with Crippen molar-refractivity contribution in [2.75, 3.05) is 6.61 Å². The van der Waals surface area contributed by atoms with Gasteiger partial charge in [-0.25, -0.2) is 0 Å². The maximum absolute atomic E-state index is 10.7. The standard InChI is InChI=1S/C11H14O2/c1-8-5-4-6-9(2)11(8)13-7-10(3)12/h4-6H,7H2,1-3H3. The van der Waals surface area contributed by atoms with Crippen molar-refractivity contribution < 1.29 is 9.53 Å². The van der Waals surface area contributed by atoms with Crippen molar-refractivity contribution in [3.63, 3.8) is 0 Å². The molecule has 0 fully saturated rings. The first kappa shape index (κ1) is 9.78. The highest BCUT2D eigenvalue weighted by Crippen LogP contribution is 2.21. The molecule has 0 saturated carbocycles. The molecule has 0 atom stereocenters. The number of ketones is 1. The quantitative estimate of drug-likeness (QED) is 0.709. The van der Waals surface area contributed by atoms with Crippen LogP contribution in [0.4, 0.5) is 0 Å². The Morgan fingerprint density at radius 2 is 1.85 bits per heavy atom. The van der Waals surface area contributed by atoms with Gasteiger partial charge in [0.15, 0.2) is 5.78 Å². The number of para-hydroxylation sites is 1. The normalized spacial score (nSPS) is 9.77. The lowest BCUT2D eigenvalue weighted by molar-refractivity contribution is -0.118. The first-order valence-corrected chi connectivity index (χ1v) is 4.29. The van der Waals surface area contributed by atoms with Gasteiger partial charge in [0.05, 0.1) is 0 Å². The van der Waals surface area contributed by atoms with Gasteiger partial charge in [-0.1, -0.05) is 18.2 Å². The van der Waals surface area contributed by atoms with Gasteiger partial charge in [0.1, 0.15) is 12.4 Å². The number of benzene rings is 1. The lowest BCUT2D eigenvalue weighted by Crippen LogP contribution is -2.08. The van der Waals surface area contributed by atoms with Crippen LogP contribution in [0.5, 0.6) is 5.75 Å². The molecule has 0 aliphatic carbocycles. The number of carbonyl (C=O) groups excluding carboxylic acids is 1. The number of hydrogen-bond acceptors (Lipinski definition) is 2. The van der Waals surface area contributed by atoms with Crippen LogP contribution < -0.4 is 4.74 Å². The number of carbonyl (C=O) groups is 1. The van der Waals surface area contributed by atoms with Gasteiger partial charge in [-0.3, -0.25) is 4.79 Å². The highest BCUT2D eigenvalue weighted by atomic mass is 16.5. The molecule has 0 spiro atoms. The van der Waals surface area contributed by atoms with Crippen LogP contribution in [0.25, 0.3) is 0 Å².